The van der Waals surface area contributed by atoms with Crippen LogP contribution in [0.15, 0.2) is 66.7 Å². The summed E-state index contributed by atoms with van der Waals surface area (Å²) >= 11 is 0. The zero-order valence-corrected chi connectivity index (χ0v) is 18.9. The van der Waals surface area contributed by atoms with E-state index in [1.165, 1.54) is 30.3 Å². The Morgan fingerprint density at radius 2 is 1.86 bits per heavy atom. The van der Waals surface area contributed by atoms with Crippen molar-refractivity contribution in [2.45, 2.75) is 19.3 Å². The van der Waals surface area contributed by atoms with Crippen molar-refractivity contribution in [3.05, 3.63) is 95.3 Å². The van der Waals surface area contributed by atoms with E-state index in [4.69, 9.17) is 0 Å². The average Bonchev–Trinajstić information content (AvgIpc) is 3.27. The molecular weight excluding hydrogens is 450 g/mol. The fourth-order valence-electron chi connectivity index (χ4n) is 4.44. The van der Waals surface area contributed by atoms with Gasteiger partial charge in [-0.15, -0.1) is 0 Å². The van der Waals surface area contributed by atoms with Gasteiger partial charge in [-0.1, -0.05) is 18.2 Å². The van der Waals surface area contributed by atoms with Gasteiger partial charge in [0.05, 0.1) is 17.0 Å². The number of nitrogens with zero attached hydrogens (tertiary/aromatic N) is 2. The van der Waals surface area contributed by atoms with Gasteiger partial charge in [0.1, 0.15) is 17.5 Å². The Balaban J connectivity index is 1.25. The Kier molecular flexibility index (Phi) is 6.27. The minimum absolute atomic E-state index is 0.160. The predicted octanol–water partition coefficient (Wildman–Crippen LogP) is 4.92. The van der Waals surface area contributed by atoms with E-state index in [9.17, 15) is 18.4 Å². The Bertz CT molecular complexity index is 1380. The van der Waals surface area contributed by atoms with Crippen LogP contribution in [0.4, 0.5) is 14.5 Å². The third-order valence-corrected chi connectivity index (χ3v) is 6.28. The highest BCUT2D eigenvalue weighted by Crippen LogP contribution is 2.23. The molecule has 2 N–H and O–H groups in total. The molecule has 0 spiro atoms. The van der Waals surface area contributed by atoms with Gasteiger partial charge in [0, 0.05) is 30.8 Å². The van der Waals surface area contributed by atoms with Gasteiger partial charge in [-0.2, -0.15) is 0 Å². The molecule has 0 saturated carbocycles. The van der Waals surface area contributed by atoms with Crippen LogP contribution in [0.5, 0.6) is 0 Å². The summed E-state index contributed by atoms with van der Waals surface area (Å²) in [5.41, 5.74) is 3.04. The van der Waals surface area contributed by atoms with Crippen LogP contribution in [-0.4, -0.2) is 39.8 Å². The van der Waals surface area contributed by atoms with Gasteiger partial charge in [0.15, 0.2) is 0 Å². The number of imidazole rings is 1. The molecule has 6 nitrogen and oxygen atoms in total. The first-order chi connectivity index (χ1) is 17.0. The normalized spacial score (nSPS) is 15.8. The van der Waals surface area contributed by atoms with Gasteiger partial charge >= 0.3 is 0 Å². The molecule has 1 saturated heterocycles. The van der Waals surface area contributed by atoms with Gasteiger partial charge < -0.3 is 15.2 Å². The zero-order valence-electron chi connectivity index (χ0n) is 18.9. The second-order valence-corrected chi connectivity index (χ2v) is 8.77. The first kappa shape index (κ1) is 22.7. The van der Waals surface area contributed by atoms with Crippen molar-refractivity contribution in [3.8, 4) is 0 Å². The number of H-pyrrole nitrogens is 1. The maximum absolute atomic E-state index is 14.0. The van der Waals surface area contributed by atoms with Crippen molar-refractivity contribution in [2.75, 3.05) is 18.4 Å². The molecule has 1 aliphatic heterocycles. The second-order valence-electron chi connectivity index (χ2n) is 8.77. The number of carbonyl (C=O) groups excluding carboxylic acids is 2. The van der Waals surface area contributed by atoms with E-state index in [1.807, 2.05) is 0 Å². The molecule has 0 bridgehead atoms. The second kappa shape index (κ2) is 9.66. The van der Waals surface area contributed by atoms with Gasteiger partial charge in [0.2, 0.25) is 5.91 Å². The summed E-state index contributed by atoms with van der Waals surface area (Å²) in [6, 6.07) is 17.4. The average molecular weight is 475 g/mol. The number of piperidine rings is 1. The molecule has 1 aromatic heterocycles. The van der Waals surface area contributed by atoms with E-state index in [1.54, 1.807) is 41.3 Å². The van der Waals surface area contributed by atoms with E-state index in [-0.39, 0.29) is 23.5 Å². The van der Waals surface area contributed by atoms with Crippen molar-refractivity contribution in [3.63, 3.8) is 0 Å². The Morgan fingerprint density at radius 3 is 2.66 bits per heavy atom. The first-order valence-corrected chi connectivity index (χ1v) is 11.5. The van der Waals surface area contributed by atoms with Crippen LogP contribution in [0.25, 0.3) is 11.0 Å². The van der Waals surface area contributed by atoms with Crippen molar-refractivity contribution in [2.24, 2.45) is 5.92 Å². The van der Waals surface area contributed by atoms with Gasteiger partial charge in [-0.05, 0) is 66.9 Å². The fourth-order valence-corrected chi connectivity index (χ4v) is 4.44. The predicted molar refractivity (Wildman–Crippen MR) is 129 cm³/mol. The summed E-state index contributed by atoms with van der Waals surface area (Å²) in [6.45, 7) is 0.867. The van der Waals surface area contributed by atoms with Crippen LogP contribution >= 0.6 is 0 Å². The van der Waals surface area contributed by atoms with Crippen molar-refractivity contribution in [1.82, 2.24) is 14.9 Å². The molecule has 1 aliphatic rings. The molecule has 2 heterocycles. The summed E-state index contributed by atoms with van der Waals surface area (Å²) in [5.74, 6) is -0.750. The summed E-state index contributed by atoms with van der Waals surface area (Å²) in [7, 11) is 0. The van der Waals surface area contributed by atoms with Crippen molar-refractivity contribution in [1.29, 1.82) is 0 Å². The van der Waals surface area contributed by atoms with Gasteiger partial charge in [0.25, 0.3) is 5.91 Å². The quantitative estimate of drug-likeness (QED) is 0.431. The number of rotatable bonds is 5. The van der Waals surface area contributed by atoms with E-state index in [0.717, 1.165) is 11.0 Å². The van der Waals surface area contributed by atoms with Gasteiger partial charge in [-0.3, -0.25) is 9.59 Å². The standard InChI is InChI=1S/C27H24F2N4O2/c28-20-9-7-17(8-10-20)27(35)33-13-3-5-19(16-33)26(34)30-21-11-12-23-24(15-21)32-25(31-23)14-18-4-1-2-6-22(18)29/h1-2,4,6-12,15,19H,3,5,13-14,16H2,(H,30,34)(H,31,32). The molecule has 1 unspecified atom stereocenters. The first-order valence-electron chi connectivity index (χ1n) is 11.5. The fraction of sp³-hybridized carbons (Fsp3) is 0.222. The lowest BCUT2D eigenvalue weighted by atomic mass is 9.96. The Hall–Kier alpha value is -4.07. The SMILES string of the molecule is O=C(Nc1ccc2nc(Cc3ccccc3F)[nH]c2c1)C1CCCN(C(=O)c2ccc(F)cc2)C1. The minimum Gasteiger partial charge on any atom is -0.342 e. The number of aromatic nitrogens is 2. The maximum Gasteiger partial charge on any atom is 0.253 e. The van der Waals surface area contributed by atoms with Crippen LogP contribution in [-0.2, 0) is 11.2 Å². The van der Waals surface area contributed by atoms with Crippen molar-refractivity contribution >= 4 is 28.5 Å². The number of fused-ring (bicyclic) bond motifs is 1. The molecule has 2 amide bonds. The lowest BCUT2D eigenvalue weighted by Crippen LogP contribution is -2.43. The van der Waals surface area contributed by atoms with Crippen LogP contribution < -0.4 is 5.32 Å². The molecule has 8 heteroatoms. The highest BCUT2D eigenvalue weighted by atomic mass is 19.1. The van der Waals surface area contributed by atoms with E-state index in [2.05, 4.69) is 15.3 Å². The Labute approximate surface area is 201 Å². The number of nitrogens with one attached hydrogen (secondary N) is 2. The third-order valence-electron chi connectivity index (χ3n) is 6.28. The molecule has 0 radical (unpaired) electrons. The molecule has 35 heavy (non-hydrogen) atoms. The maximum atomic E-state index is 14.0. The number of likely N-dealkylation sites (tertiary alicyclic amines) is 1. The van der Waals surface area contributed by atoms with Crippen LogP contribution in [0.2, 0.25) is 0 Å². The molecule has 5 rings (SSSR count). The highest BCUT2D eigenvalue weighted by Gasteiger charge is 2.29. The minimum atomic E-state index is -0.397. The topological polar surface area (TPSA) is 78.1 Å². The van der Waals surface area contributed by atoms with Crippen LogP contribution in [0.3, 0.4) is 0 Å². The Morgan fingerprint density at radius 1 is 1.06 bits per heavy atom. The van der Waals surface area contributed by atoms with E-state index < -0.39 is 5.82 Å². The number of carbonyl (C=O) groups is 2. The third kappa shape index (κ3) is 5.06. The number of benzene rings is 3. The van der Waals surface area contributed by atoms with Crippen LogP contribution in [0, 0.1) is 17.6 Å². The van der Waals surface area contributed by atoms with Crippen LogP contribution in [0.1, 0.15) is 34.6 Å². The lowest BCUT2D eigenvalue weighted by Gasteiger charge is -2.32. The molecular formula is C27H24F2N4O2. The summed E-state index contributed by atoms with van der Waals surface area (Å²) in [4.78, 5) is 35.1. The number of aromatic amines is 1. The molecule has 178 valence electrons. The largest absolute Gasteiger partial charge is 0.342 e. The van der Waals surface area contributed by atoms with Gasteiger partial charge in [-0.25, -0.2) is 13.8 Å². The molecule has 4 aromatic rings. The number of anilines is 1. The van der Waals surface area contributed by atoms with E-state index >= 15 is 0 Å². The molecule has 3 aromatic carbocycles. The zero-order chi connectivity index (χ0) is 24.4. The van der Waals surface area contributed by atoms with Crippen molar-refractivity contribution < 1.29 is 18.4 Å². The number of hydrogen-bond donors (Lipinski definition) is 2. The summed E-state index contributed by atoms with van der Waals surface area (Å²) < 4.78 is 27.2. The summed E-state index contributed by atoms with van der Waals surface area (Å²) in [6.07, 6.45) is 1.73. The molecule has 1 fully saturated rings. The smallest absolute Gasteiger partial charge is 0.253 e. The number of amides is 2. The monoisotopic (exact) mass is 474 g/mol. The number of hydrogen-bond acceptors (Lipinski definition) is 3. The molecule has 0 aliphatic carbocycles. The van der Waals surface area contributed by atoms with E-state index in [0.29, 0.717) is 55.0 Å². The number of halogens is 2. The lowest BCUT2D eigenvalue weighted by molar-refractivity contribution is -0.121. The summed E-state index contributed by atoms with van der Waals surface area (Å²) in [5, 5.41) is 2.94. The highest BCUT2D eigenvalue weighted by molar-refractivity contribution is 5.97. The molecule has 1 atom stereocenters.